The molecule has 1 aliphatic heterocycles. The molecule has 0 radical (unpaired) electrons. The first-order valence-corrected chi connectivity index (χ1v) is 16.5. The van der Waals surface area contributed by atoms with Gasteiger partial charge in [-0.2, -0.15) is 0 Å². The van der Waals surface area contributed by atoms with E-state index in [0.29, 0.717) is 32.3 Å². The van der Waals surface area contributed by atoms with Crippen LogP contribution in [0.3, 0.4) is 0 Å². The highest BCUT2D eigenvalue weighted by Crippen LogP contribution is 2.69. The lowest BCUT2D eigenvalue weighted by Crippen LogP contribution is -2.71. The molecule has 1 heterocycles. The summed E-state index contributed by atoms with van der Waals surface area (Å²) in [4.78, 5) is 0. The molecule has 0 bridgehead atoms. The fourth-order valence-electron chi connectivity index (χ4n) is 10.9. The Morgan fingerprint density at radius 1 is 0.767 bits per heavy atom. The molecule has 1 saturated heterocycles. The number of rotatable bonds is 8. The minimum atomic E-state index is -1.41. The van der Waals surface area contributed by atoms with E-state index in [1.165, 1.54) is 0 Å². The summed E-state index contributed by atoms with van der Waals surface area (Å²) in [5.41, 5.74) is -2.56. The molecule has 3 unspecified atom stereocenters. The fourth-order valence-corrected chi connectivity index (χ4v) is 10.9. The highest BCUT2D eigenvalue weighted by molar-refractivity contribution is 5.22. The molecule has 4 aliphatic carbocycles. The van der Waals surface area contributed by atoms with Crippen LogP contribution in [-0.2, 0) is 9.47 Å². The number of fused-ring (bicyclic) bond motifs is 5. The van der Waals surface area contributed by atoms with E-state index >= 15 is 0 Å². The van der Waals surface area contributed by atoms with Crippen LogP contribution in [0.4, 0.5) is 0 Å². The van der Waals surface area contributed by atoms with Crippen molar-refractivity contribution in [3.05, 3.63) is 0 Å². The van der Waals surface area contributed by atoms with E-state index in [9.17, 15) is 46.0 Å². The molecule has 11 heteroatoms. The summed E-state index contributed by atoms with van der Waals surface area (Å²) in [6, 6.07) is 0. The molecule has 250 valence electrons. The van der Waals surface area contributed by atoms with Gasteiger partial charge >= 0.3 is 0 Å². The van der Waals surface area contributed by atoms with Gasteiger partial charge in [-0.05, 0) is 66.6 Å². The van der Waals surface area contributed by atoms with Gasteiger partial charge in [0.2, 0.25) is 0 Å². The third-order valence-electron chi connectivity index (χ3n) is 12.9. The minimum absolute atomic E-state index is 0.000248. The summed E-state index contributed by atoms with van der Waals surface area (Å²) < 4.78 is 11.0. The second-order valence-corrected chi connectivity index (χ2v) is 15.6. The molecule has 0 spiro atoms. The van der Waals surface area contributed by atoms with Crippen molar-refractivity contribution in [3.63, 3.8) is 0 Å². The summed E-state index contributed by atoms with van der Waals surface area (Å²) in [6.45, 7) is 8.40. The second kappa shape index (κ2) is 12.3. The largest absolute Gasteiger partial charge is 0.393 e. The van der Waals surface area contributed by atoms with Crippen LogP contribution < -0.4 is 0 Å². The lowest BCUT2D eigenvalue weighted by Gasteiger charge is -2.66. The van der Waals surface area contributed by atoms with Crippen molar-refractivity contribution in [2.24, 2.45) is 46.3 Å². The van der Waals surface area contributed by atoms with Crippen LogP contribution in [0.25, 0.3) is 0 Å². The minimum Gasteiger partial charge on any atom is -0.393 e. The Morgan fingerprint density at radius 2 is 1.44 bits per heavy atom. The number of aliphatic hydroxyl groups is 9. The van der Waals surface area contributed by atoms with E-state index in [-0.39, 0.29) is 36.7 Å². The molecule has 0 aromatic carbocycles. The molecular weight excluding hydrogens is 560 g/mol. The van der Waals surface area contributed by atoms with Crippen LogP contribution in [0, 0.1) is 46.3 Å². The van der Waals surface area contributed by atoms with Gasteiger partial charge in [-0.3, -0.25) is 0 Å². The van der Waals surface area contributed by atoms with E-state index in [1.54, 1.807) is 0 Å². The quantitative estimate of drug-likeness (QED) is 0.176. The lowest BCUT2D eigenvalue weighted by atomic mass is 9.41. The number of hydrogen-bond donors (Lipinski definition) is 9. The van der Waals surface area contributed by atoms with Crippen molar-refractivity contribution < 1.29 is 55.4 Å². The van der Waals surface area contributed by atoms with Crippen molar-refractivity contribution in [3.8, 4) is 0 Å². The standard InChI is InChI=1S/C32H56O11/c1-15(13-42-29-27(40)24(37)19(35)14-43-29)6-5-7-16(2)21-25(38)26(39)28-31(21,4)11-9-20-30(3)10-8-17(33)23(36)22(30)18(34)12-32(20,28)41/h15-29,33-41H,5-14H2,1-4H3/t15-,16+,17-,18-,19+,20?,21-,22?,23-,24-,25+,26+,27+,28?,29+,30+,31+,32-/m0/s1. The van der Waals surface area contributed by atoms with Gasteiger partial charge < -0.3 is 55.4 Å². The van der Waals surface area contributed by atoms with Crippen molar-refractivity contribution in [1.29, 1.82) is 0 Å². The van der Waals surface area contributed by atoms with Crippen LogP contribution in [0.5, 0.6) is 0 Å². The number of ether oxygens (including phenoxy) is 2. The van der Waals surface area contributed by atoms with Crippen LogP contribution in [-0.4, -0.2) is 120 Å². The second-order valence-electron chi connectivity index (χ2n) is 15.6. The maximum Gasteiger partial charge on any atom is 0.186 e. The number of aliphatic hydroxyl groups excluding tert-OH is 8. The molecule has 9 N–H and O–H groups in total. The predicted octanol–water partition coefficient (Wildman–Crippen LogP) is -0.0976. The monoisotopic (exact) mass is 616 g/mol. The average molecular weight is 617 g/mol. The van der Waals surface area contributed by atoms with E-state index in [4.69, 9.17) is 9.47 Å². The molecule has 5 aliphatic rings. The molecule has 5 rings (SSSR count). The molecule has 0 aromatic rings. The lowest BCUT2D eigenvalue weighted by molar-refractivity contribution is -0.280. The third-order valence-corrected chi connectivity index (χ3v) is 12.9. The first-order chi connectivity index (χ1) is 20.1. The summed E-state index contributed by atoms with van der Waals surface area (Å²) in [5.74, 6) is -1.52. The van der Waals surface area contributed by atoms with E-state index in [1.807, 2.05) is 13.8 Å². The van der Waals surface area contributed by atoms with Crippen LogP contribution in [0.15, 0.2) is 0 Å². The molecule has 18 atom stereocenters. The Bertz CT molecular complexity index is 970. The molecule has 5 fully saturated rings. The van der Waals surface area contributed by atoms with E-state index < -0.39 is 83.4 Å². The Morgan fingerprint density at radius 3 is 2.14 bits per heavy atom. The van der Waals surface area contributed by atoms with Gasteiger partial charge in [-0.1, -0.05) is 40.5 Å². The zero-order valence-corrected chi connectivity index (χ0v) is 26.1. The molecular formula is C32H56O11. The summed E-state index contributed by atoms with van der Waals surface area (Å²) in [7, 11) is 0. The van der Waals surface area contributed by atoms with Gasteiger partial charge in [0.25, 0.3) is 0 Å². The zero-order chi connectivity index (χ0) is 31.6. The third kappa shape index (κ3) is 5.52. The average Bonchev–Trinajstić information content (AvgIpc) is 3.14. The first-order valence-electron chi connectivity index (χ1n) is 16.5. The molecule has 11 nitrogen and oxygen atoms in total. The Kier molecular flexibility index (Phi) is 9.70. The van der Waals surface area contributed by atoms with Crippen molar-refractivity contribution in [1.82, 2.24) is 0 Å². The van der Waals surface area contributed by atoms with Gasteiger partial charge in [0.15, 0.2) is 6.29 Å². The normalized spacial score (nSPS) is 54.8. The van der Waals surface area contributed by atoms with Gasteiger partial charge in [0.1, 0.15) is 18.3 Å². The first kappa shape index (κ1) is 33.9. The van der Waals surface area contributed by atoms with Gasteiger partial charge in [-0.15, -0.1) is 0 Å². The zero-order valence-electron chi connectivity index (χ0n) is 26.1. The number of hydrogen-bond acceptors (Lipinski definition) is 11. The van der Waals surface area contributed by atoms with Gasteiger partial charge in [0.05, 0.1) is 49.3 Å². The van der Waals surface area contributed by atoms with Crippen molar-refractivity contribution >= 4 is 0 Å². The fraction of sp³-hybridized carbons (Fsp3) is 1.00. The van der Waals surface area contributed by atoms with E-state index in [2.05, 4.69) is 13.8 Å². The van der Waals surface area contributed by atoms with Crippen molar-refractivity contribution in [2.45, 2.75) is 140 Å². The Balaban J connectivity index is 1.22. The molecule has 4 saturated carbocycles. The summed E-state index contributed by atoms with van der Waals surface area (Å²) in [6.07, 6.45) is -5.15. The maximum absolute atomic E-state index is 12.5. The molecule has 43 heavy (non-hydrogen) atoms. The summed E-state index contributed by atoms with van der Waals surface area (Å²) >= 11 is 0. The van der Waals surface area contributed by atoms with Gasteiger partial charge in [-0.25, -0.2) is 0 Å². The smallest absolute Gasteiger partial charge is 0.186 e. The topological polar surface area (TPSA) is 201 Å². The maximum atomic E-state index is 12.5. The highest BCUT2D eigenvalue weighted by Gasteiger charge is 2.73. The molecule has 0 aromatic heterocycles. The molecule has 0 amide bonds. The highest BCUT2D eigenvalue weighted by atomic mass is 16.7. The Hall–Kier alpha value is -0.440. The van der Waals surface area contributed by atoms with Crippen LogP contribution in [0.1, 0.15) is 79.1 Å². The van der Waals surface area contributed by atoms with Gasteiger partial charge in [0, 0.05) is 18.3 Å². The summed E-state index contributed by atoms with van der Waals surface area (Å²) in [5, 5.41) is 97.6. The van der Waals surface area contributed by atoms with Crippen molar-refractivity contribution in [2.75, 3.05) is 13.2 Å². The Labute approximate surface area is 254 Å². The SMILES string of the molecule is C[C@@H](CCC[C@@H](C)[C@H]1[C@@H](O)[C@@H](O)C2[C@]3(O)C[C@H](O)C4[C@@H](O)[C@@H](O)CC[C@]4(C)C3CC[C@@]21C)CO[C@@H]1OC[C@@H](O)[C@H](O)[C@H]1O. The van der Waals surface area contributed by atoms with Crippen LogP contribution >= 0.6 is 0 Å². The predicted molar refractivity (Wildman–Crippen MR) is 154 cm³/mol. The van der Waals surface area contributed by atoms with E-state index in [0.717, 1.165) is 19.3 Å². The van der Waals surface area contributed by atoms with Crippen LogP contribution in [0.2, 0.25) is 0 Å².